The van der Waals surface area contributed by atoms with Crippen molar-refractivity contribution in [2.45, 2.75) is 44.5 Å². The van der Waals surface area contributed by atoms with Crippen LogP contribution in [-0.2, 0) is 27.4 Å². The van der Waals surface area contributed by atoms with Crippen LogP contribution in [0.15, 0.2) is 29.2 Å². The zero-order valence-electron chi connectivity index (χ0n) is 17.9. The molecule has 0 spiro atoms. The average Bonchev–Trinajstić information content (AvgIpc) is 3.52. The normalized spacial score (nSPS) is 25.0. The molecule has 3 atom stereocenters. The van der Waals surface area contributed by atoms with Crippen LogP contribution in [0.5, 0.6) is 0 Å². The first-order chi connectivity index (χ1) is 16.1. The molecular formula is C24H23ClFN3O4. The van der Waals surface area contributed by atoms with Gasteiger partial charge in [-0.25, -0.2) is 14.4 Å². The van der Waals surface area contributed by atoms with Crippen molar-refractivity contribution in [2.24, 2.45) is 5.92 Å². The highest BCUT2D eigenvalue weighted by molar-refractivity contribution is 6.30. The van der Waals surface area contributed by atoms with E-state index >= 15 is 0 Å². The number of rotatable bonds is 3. The van der Waals surface area contributed by atoms with Crippen LogP contribution in [0.25, 0.3) is 16.9 Å². The van der Waals surface area contributed by atoms with E-state index in [1.807, 2.05) is 0 Å². The molecule has 33 heavy (non-hydrogen) atoms. The number of nitrogens with zero attached hydrogens (tertiary/aromatic N) is 3. The number of aromatic nitrogens is 3. The predicted octanol–water partition coefficient (Wildman–Crippen LogP) is 3.88. The molecule has 0 N–H and O–H groups in total. The van der Waals surface area contributed by atoms with Gasteiger partial charge in [0.05, 0.1) is 42.9 Å². The summed E-state index contributed by atoms with van der Waals surface area (Å²) < 4.78 is 33.5. The number of hydrogen-bond donors (Lipinski definition) is 0. The van der Waals surface area contributed by atoms with Gasteiger partial charge in [0, 0.05) is 41.8 Å². The largest absolute Gasteiger partial charge is 0.381 e. The zero-order chi connectivity index (χ0) is 22.5. The van der Waals surface area contributed by atoms with Gasteiger partial charge in [-0.05, 0) is 37.5 Å². The molecule has 7 nitrogen and oxygen atoms in total. The maximum absolute atomic E-state index is 15.0. The number of hydrogen-bond acceptors (Lipinski definition) is 6. The van der Waals surface area contributed by atoms with E-state index in [0.717, 1.165) is 31.6 Å². The Hall–Kier alpha value is -2.39. The fourth-order valence-corrected chi connectivity index (χ4v) is 5.24. The summed E-state index contributed by atoms with van der Waals surface area (Å²) in [6.07, 6.45) is 4.40. The SMILES string of the molecule is O=c1c2c(nc3c(-c4ccc(Cl)cc4F)nc([C@H]4CCO[C@H](C5CCOC5)C4)cn13)COC2. The summed E-state index contributed by atoms with van der Waals surface area (Å²) >= 11 is 5.98. The third-order valence-electron chi connectivity index (χ3n) is 6.90. The van der Waals surface area contributed by atoms with Crippen molar-refractivity contribution in [1.82, 2.24) is 14.4 Å². The van der Waals surface area contributed by atoms with Gasteiger partial charge >= 0.3 is 0 Å². The Kier molecular flexibility index (Phi) is 5.41. The van der Waals surface area contributed by atoms with E-state index in [-0.39, 0.29) is 36.4 Å². The Morgan fingerprint density at radius 3 is 2.85 bits per heavy atom. The fourth-order valence-electron chi connectivity index (χ4n) is 5.09. The third kappa shape index (κ3) is 3.75. The highest BCUT2D eigenvalue weighted by Crippen LogP contribution is 2.36. The number of halogens is 2. The molecule has 6 rings (SSSR count). The fraction of sp³-hybridized carbons (Fsp3) is 0.458. The molecule has 3 aromatic rings. The molecule has 172 valence electrons. The molecule has 0 amide bonds. The summed E-state index contributed by atoms with van der Waals surface area (Å²) in [6, 6.07) is 4.45. The maximum Gasteiger partial charge on any atom is 0.263 e. The molecule has 2 saturated heterocycles. The summed E-state index contributed by atoms with van der Waals surface area (Å²) in [5.41, 5.74) is 2.58. The second-order valence-electron chi connectivity index (χ2n) is 8.92. The first-order valence-electron chi connectivity index (χ1n) is 11.3. The minimum Gasteiger partial charge on any atom is -0.381 e. The molecular weight excluding hydrogens is 449 g/mol. The van der Waals surface area contributed by atoms with Crippen LogP contribution in [0, 0.1) is 11.7 Å². The van der Waals surface area contributed by atoms with Gasteiger partial charge in [-0.1, -0.05) is 11.6 Å². The molecule has 5 heterocycles. The van der Waals surface area contributed by atoms with Crippen LogP contribution in [-0.4, -0.2) is 40.3 Å². The molecule has 3 aliphatic rings. The standard InChI is InChI=1S/C24H23ClFN3O4/c25-15-1-2-16(18(26)8-15)22-23-28-20-12-32-11-17(20)24(30)29(23)9-19(27-22)13-4-6-33-21(7-13)14-3-5-31-10-14/h1-2,8-9,13-14,21H,3-7,10-12H2/t13-,14?,21-/m0/s1. The summed E-state index contributed by atoms with van der Waals surface area (Å²) in [5.74, 6) is -0.0569. The van der Waals surface area contributed by atoms with E-state index in [2.05, 4.69) is 4.98 Å². The van der Waals surface area contributed by atoms with Crippen molar-refractivity contribution in [3.63, 3.8) is 0 Å². The highest BCUT2D eigenvalue weighted by Gasteiger charge is 2.34. The molecule has 0 bridgehead atoms. The molecule has 9 heteroatoms. The Balaban J connectivity index is 1.51. The lowest BCUT2D eigenvalue weighted by atomic mass is 9.86. The Labute approximate surface area is 194 Å². The number of fused-ring (bicyclic) bond motifs is 2. The molecule has 0 saturated carbocycles. The first kappa shape index (κ1) is 21.2. The summed E-state index contributed by atoms with van der Waals surface area (Å²) in [4.78, 5) is 22.8. The van der Waals surface area contributed by atoms with Gasteiger partial charge in [0.1, 0.15) is 11.5 Å². The van der Waals surface area contributed by atoms with Gasteiger partial charge in [-0.3, -0.25) is 9.20 Å². The third-order valence-corrected chi connectivity index (χ3v) is 7.14. The van der Waals surface area contributed by atoms with E-state index in [1.165, 1.54) is 10.5 Å². The molecule has 2 aromatic heterocycles. The molecule has 0 radical (unpaired) electrons. The van der Waals surface area contributed by atoms with Crippen LogP contribution >= 0.6 is 11.6 Å². The quantitative estimate of drug-likeness (QED) is 0.577. The first-order valence-corrected chi connectivity index (χ1v) is 11.6. The lowest BCUT2D eigenvalue weighted by Gasteiger charge is -2.32. The lowest BCUT2D eigenvalue weighted by Crippen LogP contribution is -2.32. The van der Waals surface area contributed by atoms with E-state index in [0.29, 0.717) is 46.8 Å². The average molecular weight is 472 g/mol. The molecule has 3 aliphatic heterocycles. The molecule has 0 aliphatic carbocycles. The van der Waals surface area contributed by atoms with Gasteiger partial charge < -0.3 is 14.2 Å². The minimum atomic E-state index is -0.506. The molecule has 2 fully saturated rings. The van der Waals surface area contributed by atoms with Crippen LogP contribution in [0.3, 0.4) is 0 Å². The Morgan fingerprint density at radius 1 is 1.12 bits per heavy atom. The van der Waals surface area contributed by atoms with Crippen molar-refractivity contribution in [3.05, 3.63) is 62.5 Å². The van der Waals surface area contributed by atoms with Crippen LogP contribution in [0.4, 0.5) is 4.39 Å². The van der Waals surface area contributed by atoms with Crippen molar-refractivity contribution < 1.29 is 18.6 Å². The van der Waals surface area contributed by atoms with Gasteiger partial charge in [0.2, 0.25) is 0 Å². The monoisotopic (exact) mass is 471 g/mol. The van der Waals surface area contributed by atoms with Crippen molar-refractivity contribution in [3.8, 4) is 11.3 Å². The number of ether oxygens (including phenoxy) is 3. The van der Waals surface area contributed by atoms with Crippen molar-refractivity contribution >= 4 is 17.2 Å². The van der Waals surface area contributed by atoms with Gasteiger partial charge in [0.25, 0.3) is 5.56 Å². The van der Waals surface area contributed by atoms with E-state index < -0.39 is 5.82 Å². The van der Waals surface area contributed by atoms with Crippen LogP contribution in [0.1, 0.15) is 42.1 Å². The second-order valence-corrected chi connectivity index (χ2v) is 9.36. The second kappa shape index (κ2) is 8.43. The lowest BCUT2D eigenvalue weighted by molar-refractivity contribution is -0.0311. The van der Waals surface area contributed by atoms with Crippen molar-refractivity contribution in [2.75, 3.05) is 19.8 Å². The van der Waals surface area contributed by atoms with E-state index in [9.17, 15) is 9.18 Å². The predicted molar refractivity (Wildman–Crippen MR) is 119 cm³/mol. The van der Waals surface area contributed by atoms with E-state index in [1.54, 1.807) is 18.3 Å². The van der Waals surface area contributed by atoms with Crippen molar-refractivity contribution in [1.29, 1.82) is 0 Å². The molecule has 1 aromatic carbocycles. The minimum absolute atomic E-state index is 0.0827. The highest BCUT2D eigenvalue weighted by atomic mass is 35.5. The smallest absolute Gasteiger partial charge is 0.263 e. The van der Waals surface area contributed by atoms with Crippen LogP contribution in [0.2, 0.25) is 5.02 Å². The van der Waals surface area contributed by atoms with Gasteiger partial charge in [0.15, 0.2) is 5.65 Å². The summed E-state index contributed by atoms with van der Waals surface area (Å²) in [6.45, 7) is 2.57. The summed E-state index contributed by atoms with van der Waals surface area (Å²) in [5, 5.41) is 0.294. The van der Waals surface area contributed by atoms with Gasteiger partial charge in [-0.2, -0.15) is 0 Å². The zero-order valence-corrected chi connectivity index (χ0v) is 18.7. The maximum atomic E-state index is 15.0. The number of benzene rings is 1. The molecule has 1 unspecified atom stereocenters. The topological polar surface area (TPSA) is 75.0 Å². The Bertz CT molecular complexity index is 1290. The van der Waals surface area contributed by atoms with E-state index in [4.69, 9.17) is 30.8 Å². The Morgan fingerprint density at radius 2 is 2.03 bits per heavy atom. The van der Waals surface area contributed by atoms with Crippen LogP contribution < -0.4 is 5.56 Å². The summed E-state index contributed by atoms with van der Waals surface area (Å²) in [7, 11) is 0. The van der Waals surface area contributed by atoms with Gasteiger partial charge in [-0.15, -0.1) is 0 Å².